The molecule has 0 spiro atoms. The number of hydrogen-bond donors (Lipinski definition) is 0. The van der Waals surface area contributed by atoms with Gasteiger partial charge in [-0.1, -0.05) is 6.92 Å². The van der Waals surface area contributed by atoms with E-state index in [4.69, 9.17) is 9.47 Å². The molecule has 0 aliphatic carbocycles. The van der Waals surface area contributed by atoms with Crippen molar-refractivity contribution in [2.24, 2.45) is 0 Å². The first-order valence-electron chi connectivity index (χ1n) is 7.44. The molecule has 1 unspecified atom stereocenters. The number of ether oxygens (including phenoxy) is 2. The minimum absolute atomic E-state index is 0.138. The van der Waals surface area contributed by atoms with E-state index in [9.17, 15) is 4.39 Å². The number of benzene rings is 1. The third-order valence-corrected chi connectivity index (χ3v) is 4.04. The Balaban J connectivity index is 1.79. The number of halogens is 1. The lowest BCUT2D eigenvalue weighted by Gasteiger charge is -2.29. The average molecular weight is 292 g/mol. The first kappa shape index (κ1) is 14.2. The predicted molar refractivity (Wildman–Crippen MR) is 81.1 cm³/mol. The van der Waals surface area contributed by atoms with Crippen molar-refractivity contribution < 1.29 is 13.9 Å². The molecule has 0 aromatic heterocycles. The van der Waals surface area contributed by atoms with Gasteiger partial charge in [0.1, 0.15) is 11.9 Å². The standard InChI is InChI=1S/C16H21FN2O2/c1-3-14-11-19(12(2)21-14)13-4-5-16(15(17)10-13)18-6-8-20-9-7-18/h4-5,10,14H,2-3,6-9,11H2,1H3. The zero-order valence-corrected chi connectivity index (χ0v) is 12.3. The summed E-state index contributed by atoms with van der Waals surface area (Å²) in [6.07, 6.45) is 1.06. The van der Waals surface area contributed by atoms with Gasteiger partial charge >= 0.3 is 0 Å². The van der Waals surface area contributed by atoms with Crippen LogP contribution in [0, 0.1) is 5.82 Å². The molecule has 1 aromatic rings. The zero-order valence-electron chi connectivity index (χ0n) is 12.3. The lowest BCUT2D eigenvalue weighted by molar-refractivity contribution is 0.122. The lowest BCUT2D eigenvalue weighted by Crippen LogP contribution is -2.36. The van der Waals surface area contributed by atoms with Crippen LogP contribution in [0.15, 0.2) is 30.7 Å². The maximum Gasteiger partial charge on any atom is 0.186 e. The van der Waals surface area contributed by atoms with Gasteiger partial charge in [0.2, 0.25) is 0 Å². The first-order valence-corrected chi connectivity index (χ1v) is 7.44. The van der Waals surface area contributed by atoms with E-state index in [1.165, 1.54) is 0 Å². The molecule has 114 valence electrons. The monoisotopic (exact) mass is 292 g/mol. The predicted octanol–water partition coefficient (Wildman–Crippen LogP) is 2.75. The van der Waals surface area contributed by atoms with Crippen molar-refractivity contribution in [3.8, 4) is 0 Å². The molecule has 0 bridgehead atoms. The van der Waals surface area contributed by atoms with E-state index in [-0.39, 0.29) is 11.9 Å². The van der Waals surface area contributed by atoms with Crippen molar-refractivity contribution in [2.75, 3.05) is 42.6 Å². The zero-order chi connectivity index (χ0) is 14.8. The second kappa shape index (κ2) is 5.93. The molecule has 2 fully saturated rings. The van der Waals surface area contributed by atoms with Crippen LogP contribution < -0.4 is 9.80 Å². The SMILES string of the molecule is C=C1OC(CC)CN1c1ccc(N2CCOCC2)c(F)c1. The van der Waals surface area contributed by atoms with Crippen molar-refractivity contribution in [3.05, 3.63) is 36.5 Å². The van der Waals surface area contributed by atoms with Crippen molar-refractivity contribution in [1.82, 2.24) is 0 Å². The molecular weight excluding hydrogens is 271 g/mol. The van der Waals surface area contributed by atoms with Gasteiger partial charge in [0.25, 0.3) is 0 Å². The largest absolute Gasteiger partial charge is 0.474 e. The highest BCUT2D eigenvalue weighted by molar-refractivity contribution is 5.60. The van der Waals surface area contributed by atoms with Crippen LogP contribution in [0.5, 0.6) is 0 Å². The smallest absolute Gasteiger partial charge is 0.186 e. The fourth-order valence-electron chi connectivity index (χ4n) is 2.78. The Morgan fingerprint density at radius 2 is 2.10 bits per heavy atom. The average Bonchev–Trinajstić information content (AvgIpc) is 2.89. The van der Waals surface area contributed by atoms with Crippen molar-refractivity contribution in [2.45, 2.75) is 19.4 Å². The minimum Gasteiger partial charge on any atom is -0.474 e. The Morgan fingerprint density at radius 1 is 1.33 bits per heavy atom. The molecule has 2 aliphatic heterocycles. The van der Waals surface area contributed by atoms with E-state index in [2.05, 4.69) is 13.5 Å². The van der Waals surface area contributed by atoms with E-state index in [1.807, 2.05) is 21.9 Å². The van der Waals surface area contributed by atoms with Crippen molar-refractivity contribution in [3.63, 3.8) is 0 Å². The molecule has 0 N–H and O–H groups in total. The maximum absolute atomic E-state index is 14.4. The summed E-state index contributed by atoms with van der Waals surface area (Å²) < 4.78 is 25.4. The van der Waals surface area contributed by atoms with Gasteiger partial charge in [0.15, 0.2) is 5.88 Å². The van der Waals surface area contributed by atoms with Gasteiger partial charge in [0.05, 0.1) is 25.4 Å². The summed E-state index contributed by atoms with van der Waals surface area (Å²) in [5, 5.41) is 0. The number of anilines is 2. The summed E-state index contributed by atoms with van der Waals surface area (Å²) in [5.74, 6) is 0.391. The van der Waals surface area contributed by atoms with E-state index < -0.39 is 0 Å². The summed E-state index contributed by atoms with van der Waals surface area (Å²) in [6, 6.07) is 5.33. The Kier molecular flexibility index (Phi) is 4.01. The van der Waals surface area contributed by atoms with Crippen LogP contribution in [0.4, 0.5) is 15.8 Å². The molecule has 2 saturated heterocycles. The Labute approximate surface area is 124 Å². The highest BCUT2D eigenvalue weighted by atomic mass is 19.1. The Morgan fingerprint density at radius 3 is 2.71 bits per heavy atom. The molecule has 0 saturated carbocycles. The topological polar surface area (TPSA) is 24.9 Å². The molecule has 0 radical (unpaired) electrons. The summed E-state index contributed by atoms with van der Waals surface area (Å²) in [7, 11) is 0. The van der Waals surface area contributed by atoms with Crippen LogP contribution in [0.3, 0.4) is 0 Å². The van der Waals surface area contributed by atoms with Gasteiger partial charge in [-0.2, -0.15) is 0 Å². The van der Waals surface area contributed by atoms with E-state index in [1.54, 1.807) is 6.07 Å². The molecule has 21 heavy (non-hydrogen) atoms. The van der Waals surface area contributed by atoms with Gasteiger partial charge < -0.3 is 19.3 Å². The molecule has 4 nitrogen and oxygen atoms in total. The Hall–Kier alpha value is -1.75. The van der Waals surface area contributed by atoms with Crippen LogP contribution >= 0.6 is 0 Å². The van der Waals surface area contributed by atoms with Crippen molar-refractivity contribution in [1.29, 1.82) is 0 Å². The molecule has 2 heterocycles. The molecule has 1 atom stereocenters. The third-order valence-electron chi connectivity index (χ3n) is 4.04. The maximum atomic E-state index is 14.4. The fourth-order valence-corrected chi connectivity index (χ4v) is 2.78. The quantitative estimate of drug-likeness (QED) is 0.855. The molecular formula is C16H21FN2O2. The molecule has 1 aromatic carbocycles. The Bertz CT molecular complexity index is 529. The van der Waals surface area contributed by atoms with Gasteiger partial charge in [0, 0.05) is 18.8 Å². The second-order valence-electron chi connectivity index (χ2n) is 5.39. The summed E-state index contributed by atoms with van der Waals surface area (Å²) in [4.78, 5) is 3.95. The summed E-state index contributed by atoms with van der Waals surface area (Å²) in [5.41, 5.74) is 1.44. The van der Waals surface area contributed by atoms with Gasteiger partial charge in [-0.05, 0) is 31.2 Å². The highest BCUT2D eigenvalue weighted by Gasteiger charge is 2.27. The second-order valence-corrected chi connectivity index (χ2v) is 5.39. The first-order chi connectivity index (χ1) is 10.2. The van der Waals surface area contributed by atoms with E-state index in [0.717, 1.165) is 31.7 Å². The highest BCUT2D eigenvalue weighted by Crippen LogP contribution is 2.31. The molecule has 0 amide bonds. The van der Waals surface area contributed by atoms with Gasteiger partial charge in [-0.3, -0.25) is 0 Å². The molecule has 3 rings (SSSR count). The molecule has 5 heteroatoms. The number of morpholine rings is 1. The van der Waals surface area contributed by atoms with Crippen LogP contribution in [0.1, 0.15) is 13.3 Å². The summed E-state index contributed by atoms with van der Waals surface area (Å²) in [6.45, 7) is 9.46. The number of nitrogens with zero attached hydrogens (tertiary/aromatic N) is 2. The van der Waals surface area contributed by atoms with Crippen LogP contribution in [-0.4, -0.2) is 39.0 Å². The normalized spacial score (nSPS) is 22.6. The lowest BCUT2D eigenvalue weighted by atomic mass is 10.2. The molecule has 2 aliphatic rings. The number of hydrogen-bond acceptors (Lipinski definition) is 4. The van der Waals surface area contributed by atoms with Gasteiger partial charge in [-0.15, -0.1) is 0 Å². The fraction of sp³-hybridized carbons (Fsp3) is 0.500. The summed E-state index contributed by atoms with van der Waals surface area (Å²) >= 11 is 0. The third kappa shape index (κ3) is 2.83. The van der Waals surface area contributed by atoms with Crippen molar-refractivity contribution >= 4 is 11.4 Å². The number of rotatable bonds is 3. The van der Waals surface area contributed by atoms with E-state index >= 15 is 0 Å². The van der Waals surface area contributed by atoms with Gasteiger partial charge in [-0.25, -0.2) is 4.39 Å². The minimum atomic E-state index is -0.206. The van der Waals surface area contributed by atoms with Crippen LogP contribution in [-0.2, 0) is 9.47 Å². The van der Waals surface area contributed by atoms with E-state index in [0.29, 0.717) is 24.8 Å². The van der Waals surface area contributed by atoms with Crippen LogP contribution in [0.25, 0.3) is 0 Å². The van der Waals surface area contributed by atoms with Crippen LogP contribution in [0.2, 0.25) is 0 Å².